The van der Waals surface area contributed by atoms with Crippen molar-refractivity contribution in [1.82, 2.24) is 34.6 Å². The van der Waals surface area contributed by atoms with Crippen LogP contribution in [0.25, 0.3) is 10.9 Å². The number of nitrogens with one attached hydrogen (secondary N) is 1. The lowest BCUT2D eigenvalue weighted by Gasteiger charge is -2.27. The fraction of sp³-hybridized carbons (Fsp3) is 0.348. The molecule has 3 aromatic heterocycles. The van der Waals surface area contributed by atoms with E-state index in [9.17, 15) is 4.79 Å². The zero-order chi connectivity index (χ0) is 23.1. The predicted molar refractivity (Wildman–Crippen MR) is 126 cm³/mol. The van der Waals surface area contributed by atoms with Crippen molar-refractivity contribution in [1.29, 1.82) is 0 Å². The molecule has 9 nitrogen and oxygen atoms in total. The number of hydrogen-bond donors (Lipinski definition) is 1. The Kier molecular flexibility index (Phi) is 5.49. The maximum absolute atomic E-state index is 13.6. The number of nitrogens with zero attached hydrogens (tertiary/aromatic N) is 7. The third-order valence-electron chi connectivity index (χ3n) is 6.17. The van der Waals surface area contributed by atoms with Crippen molar-refractivity contribution in [3.63, 3.8) is 0 Å². The number of carbonyl (C=O) groups excluding carboxylic acids is 1. The lowest BCUT2D eigenvalue weighted by molar-refractivity contribution is 0.0781. The molecule has 1 N–H and O–H groups in total. The summed E-state index contributed by atoms with van der Waals surface area (Å²) in [5.74, 6) is 0.339. The van der Waals surface area contributed by atoms with E-state index in [1.54, 1.807) is 30.4 Å². The second kappa shape index (κ2) is 8.47. The molecule has 0 unspecified atom stereocenters. The number of benzene rings is 1. The van der Waals surface area contributed by atoms with Gasteiger partial charge in [0.2, 0.25) is 5.95 Å². The molecule has 4 aromatic rings. The monoisotopic (exact) mass is 464 g/mol. The maximum Gasteiger partial charge on any atom is 0.273 e. The normalized spacial score (nSPS) is 13.4. The number of aromatic nitrogens is 6. The number of halogens is 1. The third-order valence-corrected chi connectivity index (χ3v) is 6.40. The van der Waals surface area contributed by atoms with Gasteiger partial charge in [-0.15, -0.1) is 0 Å². The molecule has 0 saturated carbocycles. The number of rotatable bonds is 5. The quantitative estimate of drug-likeness (QED) is 0.486. The fourth-order valence-corrected chi connectivity index (χ4v) is 4.42. The molecule has 0 bridgehead atoms. The minimum absolute atomic E-state index is 0.186. The first kappa shape index (κ1) is 21.4. The number of amides is 1. The van der Waals surface area contributed by atoms with Crippen LogP contribution in [0.1, 0.15) is 40.1 Å². The molecular formula is C23H25ClN8O. The zero-order valence-corrected chi connectivity index (χ0v) is 19.6. The van der Waals surface area contributed by atoms with Gasteiger partial charge in [0, 0.05) is 54.8 Å². The van der Waals surface area contributed by atoms with Gasteiger partial charge in [0.25, 0.3) is 5.91 Å². The molecule has 1 aliphatic heterocycles. The Balaban J connectivity index is 1.51. The molecule has 10 heteroatoms. The van der Waals surface area contributed by atoms with Crippen LogP contribution < -0.4 is 4.90 Å². The van der Waals surface area contributed by atoms with Gasteiger partial charge < -0.3 is 14.8 Å². The van der Waals surface area contributed by atoms with E-state index < -0.39 is 0 Å². The van der Waals surface area contributed by atoms with E-state index in [0.717, 1.165) is 42.2 Å². The van der Waals surface area contributed by atoms with Crippen LogP contribution >= 0.6 is 11.6 Å². The minimum atomic E-state index is -0.186. The number of fused-ring (bicyclic) bond motifs is 2. The van der Waals surface area contributed by atoms with Gasteiger partial charge in [-0.2, -0.15) is 5.10 Å². The van der Waals surface area contributed by atoms with Crippen molar-refractivity contribution in [2.75, 3.05) is 18.5 Å². The topological polar surface area (TPSA) is 95.8 Å². The van der Waals surface area contributed by atoms with E-state index in [-0.39, 0.29) is 5.91 Å². The molecule has 0 aliphatic carbocycles. The Morgan fingerprint density at radius 2 is 2.15 bits per heavy atom. The lowest BCUT2D eigenvalue weighted by Crippen LogP contribution is -2.33. The summed E-state index contributed by atoms with van der Waals surface area (Å²) in [6.45, 7) is 6.64. The summed E-state index contributed by atoms with van der Waals surface area (Å²) >= 11 is 6.26. The minimum Gasteiger partial charge on any atom is -0.347 e. The van der Waals surface area contributed by atoms with Crippen LogP contribution in [0, 0.1) is 6.92 Å². The molecule has 1 aromatic carbocycles. The second-order valence-corrected chi connectivity index (χ2v) is 8.70. The van der Waals surface area contributed by atoms with Gasteiger partial charge in [-0.05, 0) is 32.0 Å². The molecular weight excluding hydrogens is 440 g/mol. The number of anilines is 1. The van der Waals surface area contributed by atoms with Crippen LogP contribution in [0.3, 0.4) is 0 Å². The molecule has 1 amide bonds. The molecule has 170 valence electrons. The molecule has 0 spiro atoms. The lowest BCUT2D eigenvalue weighted by atomic mass is 10.1. The Morgan fingerprint density at radius 3 is 2.94 bits per heavy atom. The molecule has 5 rings (SSSR count). The van der Waals surface area contributed by atoms with Crippen molar-refractivity contribution in [2.45, 2.75) is 39.9 Å². The van der Waals surface area contributed by atoms with Crippen LogP contribution in [0.4, 0.5) is 5.95 Å². The van der Waals surface area contributed by atoms with Crippen LogP contribution in [0.2, 0.25) is 5.02 Å². The highest BCUT2D eigenvalue weighted by molar-refractivity contribution is 6.31. The largest absolute Gasteiger partial charge is 0.347 e. The van der Waals surface area contributed by atoms with Crippen LogP contribution in [-0.4, -0.2) is 54.1 Å². The van der Waals surface area contributed by atoms with Gasteiger partial charge >= 0.3 is 0 Å². The van der Waals surface area contributed by atoms with Crippen molar-refractivity contribution < 1.29 is 4.79 Å². The number of aromatic amines is 1. The summed E-state index contributed by atoms with van der Waals surface area (Å²) in [7, 11) is 1.78. The van der Waals surface area contributed by atoms with E-state index in [2.05, 4.69) is 20.0 Å². The molecule has 0 fully saturated rings. The van der Waals surface area contributed by atoms with Crippen LogP contribution in [0.15, 0.2) is 30.7 Å². The Hall–Kier alpha value is -3.46. The molecule has 33 heavy (non-hydrogen) atoms. The number of hydrogen-bond acceptors (Lipinski definition) is 6. The number of H-pyrrole nitrogens is 1. The van der Waals surface area contributed by atoms with Gasteiger partial charge in [0.05, 0.1) is 36.0 Å². The van der Waals surface area contributed by atoms with Crippen LogP contribution in [0.5, 0.6) is 0 Å². The Morgan fingerprint density at radius 1 is 1.30 bits per heavy atom. The van der Waals surface area contributed by atoms with Gasteiger partial charge in [-0.3, -0.25) is 9.48 Å². The summed E-state index contributed by atoms with van der Waals surface area (Å²) < 4.78 is 1.92. The first-order valence-electron chi connectivity index (χ1n) is 10.9. The first-order valence-corrected chi connectivity index (χ1v) is 11.3. The third kappa shape index (κ3) is 3.93. The van der Waals surface area contributed by atoms with E-state index in [1.165, 1.54) is 0 Å². The van der Waals surface area contributed by atoms with E-state index in [0.29, 0.717) is 40.7 Å². The second-order valence-electron chi connectivity index (χ2n) is 8.27. The highest BCUT2D eigenvalue weighted by Gasteiger charge is 2.25. The average molecular weight is 465 g/mol. The van der Waals surface area contributed by atoms with E-state index in [1.807, 2.05) is 30.8 Å². The highest BCUT2D eigenvalue weighted by Crippen LogP contribution is 2.27. The molecule has 4 heterocycles. The van der Waals surface area contributed by atoms with E-state index in [4.69, 9.17) is 21.6 Å². The summed E-state index contributed by atoms with van der Waals surface area (Å²) in [5, 5.41) is 5.57. The van der Waals surface area contributed by atoms with Gasteiger partial charge in [-0.1, -0.05) is 11.6 Å². The summed E-state index contributed by atoms with van der Waals surface area (Å²) in [6.07, 6.45) is 4.33. The average Bonchev–Trinajstić information content (AvgIpc) is 3.43. The van der Waals surface area contributed by atoms with Gasteiger partial charge in [0.1, 0.15) is 5.69 Å². The van der Waals surface area contributed by atoms with E-state index >= 15 is 0 Å². The van der Waals surface area contributed by atoms with Crippen molar-refractivity contribution in [3.8, 4) is 0 Å². The van der Waals surface area contributed by atoms with Crippen molar-refractivity contribution >= 4 is 34.4 Å². The summed E-state index contributed by atoms with van der Waals surface area (Å²) in [6, 6.07) is 5.37. The Labute approximate surface area is 196 Å². The fourth-order valence-electron chi connectivity index (χ4n) is 4.24. The summed E-state index contributed by atoms with van der Waals surface area (Å²) in [4.78, 5) is 34.4. The summed E-state index contributed by atoms with van der Waals surface area (Å²) in [5.41, 5.74) is 5.21. The first-order chi connectivity index (χ1) is 15.9. The number of aryl methyl sites for hydroxylation is 1. The highest BCUT2D eigenvalue weighted by atomic mass is 35.5. The maximum atomic E-state index is 13.6. The number of imidazole rings is 1. The SMILES string of the molecule is CCn1ncc(CN(C)C(=O)c2nc(N3CCc4nc[nH]c4C3)nc3ccc(Cl)cc23)c1C. The molecule has 1 aliphatic rings. The zero-order valence-electron chi connectivity index (χ0n) is 18.8. The number of carbonyl (C=O) groups is 1. The molecule has 0 saturated heterocycles. The van der Waals surface area contributed by atoms with Crippen molar-refractivity contribution in [2.24, 2.45) is 0 Å². The predicted octanol–water partition coefficient (Wildman–Crippen LogP) is 3.37. The van der Waals surface area contributed by atoms with Gasteiger partial charge in [-0.25, -0.2) is 15.0 Å². The van der Waals surface area contributed by atoms with Crippen LogP contribution in [-0.2, 0) is 26.1 Å². The van der Waals surface area contributed by atoms with Crippen molar-refractivity contribution in [3.05, 3.63) is 64.1 Å². The van der Waals surface area contributed by atoms with Gasteiger partial charge in [0.15, 0.2) is 0 Å². The Bertz CT molecular complexity index is 1340. The smallest absolute Gasteiger partial charge is 0.273 e. The molecule has 0 atom stereocenters. The molecule has 0 radical (unpaired) electrons. The standard InChI is InChI=1S/C23H25ClN8O/c1-4-32-14(2)15(10-27-32)11-30(3)22(33)21-17-9-16(24)5-6-18(17)28-23(29-21)31-8-7-19-20(12-31)26-13-25-19/h5-6,9-10,13H,4,7-8,11-12H2,1-3H3,(H,25,26).